The molecule has 1 aliphatic heterocycles. The Morgan fingerprint density at radius 1 is 1.41 bits per heavy atom. The third kappa shape index (κ3) is 2.88. The monoisotopic (exact) mass is 242 g/mol. The first-order valence-corrected chi connectivity index (χ1v) is 5.92. The molecule has 2 rings (SSSR count). The van der Waals surface area contributed by atoms with Crippen LogP contribution in [-0.2, 0) is 9.53 Å². The van der Waals surface area contributed by atoms with Crippen LogP contribution in [0.15, 0.2) is 0 Å². The van der Waals surface area contributed by atoms with Gasteiger partial charge in [-0.2, -0.15) is 0 Å². The summed E-state index contributed by atoms with van der Waals surface area (Å²) in [6.45, 7) is 1.02. The second kappa shape index (κ2) is 4.91. The quantitative estimate of drug-likeness (QED) is 0.773. The predicted molar refractivity (Wildman–Crippen MR) is 59.7 cm³/mol. The van der Waals surface area contributed by atoms with Gasteiger partial charge in [-0.25, -0.2) is 4.79 Å². The van der Waals surface area contributed by atoms with Crippen molar-refractivity contribution in [3.8, 4) is 0 Å². The molecule has 6 nitrogen and oxygen atoms in total. The summed E-state index contributed by atoms with van der Waals surface area (Å²) in [5.41, 5.74) is 0. The fraction of sp³-hybridized carbons (Fsp3) is 0.818. The van der Waals surface area contributed by atoms with Gasteiger partial charge < -0.3 is 19.6 Å². The lowest BCUT2D eigenvalue weighted by Gasteiger charge is -2.26. The summed E-state index contributed by atoms with van der Waals surface area (Å²) < 4.78 is 5.20. The summed E-state index contributed by atoms with van der Waals surface area (Å²) >= 11 is 0. The topological polar surface area (TPSA) is 70.1 Å². The number of likely N-dealkylation sites (tertiary alicyclic amines) is 1. The number of carboxylic acid groups (broad SMARTS) is 1. The van der Waals surface area contributed by atoms with Gasteiger partial charge in [-0.1, -0.05) is 0 Å². The van der Waals surface area contributed by atoms with Gasteiger partial charge in [0.1, 0.15) is 6.54 Å². The zero-order chi connectivity index (χ0) is 12.4. The normalized spacial score (nSPS) is 23.8. The van der Waals surface area contributed by atoms with E-state index in [2.05, 4.69) is 0 Å². The van der Waals surface area contributed by atoms with Crippen molar-refractivity contribution in [2.75, 3.05) is 26.7 Å². The van der Waals surface area contributed by atoms with Crippen LogP contribution in [0.25, 0.3) is 0 Å². The molecule has 1 unspecified atom stereocenters. The summed E-state index contributed by atoms with van der Waals surface area (Å²) in [7, 11) is 1.63. The molecule has 0 spiro atoms. The minimum atomic E-state index is -0.951. The van der Waals surface area contributed by atoms with Crippen LogP contribution in [0.5, 0.6) is 0 Å². The minimum absolute atomic E-state index is 0.0878. The van der Waals surface area contributed by atoms with Crippen LogP contribution in [-0.4, -0.2) is 65.8 Å². The number of aliphatic carboxylic acids is 1. The third-order valence-corrected chi connectivity index (χ3v) is 3.29. The second-order valence-electron chi connectivity index (χ2n) is 4.63. The standard InChI is InChI=1S/C11H18N2O4/c1-17-9-4-5-12(6-9)11(16)13(7-10(14)15)8-2-3-8/h8-9H,2-7H2,1H3,(H,14,15). The minimum Gasteiger partial charge on any atom is -0.480 e. The van der Waals surface area contributed by atoms with Crippen molar-refractivity contribution in [3.05, 3.63) is 0 Å². The molecule has 0 radical (unpaired) electrons. The fourth-order valence-corrected chi connectivity index (χ4v) is 2.16. The van der Waals surface area contributed by atoms with Gasteiger partial charge in [0.25, 0.3) is 0 Å². The van der Waals surface area contributed by atoms with Gasteiger partial charge >= 0.3 is 12.0 Å². The van der Waals surface area contributed by atoms with Gasteiger partial charge in [-0.05, 0) is 19.3 Å². The molecule has 1 N–H and O–H groups in total. The molecular weight excluding hydrogens is 224 g/mol. The largest absolute Gasteiger partial charge is 0.480 e. The maximum absolute atomic E-state index is 12.2. The van der Waals surface area contributed by atoms with E-state index in [0.29, 0.717) is 13.1 Å². The molecule has 1 saturated heterocycles. The lowest BCUT2D eigenvalue weighted by atomic mass is 10.3. The number of amides is 2. The van der Waals surface area contributed by atoms with Crippen LogP contribution in [0, 0.1) is 0 Å². The molecule has 1 saturated carbocycles. The molecule has 2 aliphatic rings. The van der Waals surface area contributed by atoms with E-state index in [9.17, 15) is 9.59 Å². The third-order valence-electron chi connectivity index (χ3n) is 3.29. The average molecular weight is 242 g/mol. The SMILES string of the molecule is COC1CCN(C(=O)N(CC(=O)O)C2CC2)C1. The molecule has 2 amide bonds. The van der Waals surface area contributed by atoms with Gasteiger partial charge in [-0.3, -0.25) is 4.79 Å². The van der Waals surface area contributed by atoms with Crippen molar-refractivity contribution in [3.63, 3.8) is 0 Å². The van der Waals surface area contributed by atoms with E-state index in [1.165, 1.54) is 4.90 Å². The molecule has 1 aliphatic carbocycles. The Kier molecular flexibility index (Phi) is 3.51. The van der Waals surface area contributed by atoms with E-state index in [4.69, 9.17) is 9.84 Å². The number of carbonyl (C=O) groups excluding carboxylic acids is 1. The van der Waals surface area contributed by atoms with Crippen LogP contribution >= 0.6 is 0 Å². The highest BCUT2D eigenvalue weighted by Crippen LogP contribution is 2.28. The molecule has 17 heavy (non-hydrogen) atoms. The maximum Gasteiger partial charge on any atom is 0.323 e. The first-order valence-electron chi connectivity index (χ1n) is 5.92. The highest BCUT2D eigenvalue weighted by atomic mass is 16.5. The molecular formula is C11H18N2O4. The van der Waals surface area contributed by atoms with Crippen LogP contribution in [0.1, 0.15) is 19.3 Å². The number of ether oxygens (including phenoxy) is 1. The molecule has 6 heteroatoms. The van der Waals surface area contributed by atoms with E-state index in [0.717, 1.165) is 19.3 Å². The zero-order valence-electron chi connectivity index (χ0n) is 9.96. The fourth-order valence-electron chi connectivity index (χ4n) is 2.16. The number of urea groups is 1. The van der Waals surface area contributed by atoms with Crippen molar-refractivity contribution in [2.45, 2.75) is 31.4 Å². The van der Waals surface area contributed by atoms with E-state index >= 15 is 0 Å². The Balaban J connectivity index is 1.94. The average Bonchev–Trinajstić information content (AvgIpc) is 3.02. The van der Waals surface area contributed by atoms with Crippen LogP contribution in [0.2, 0.25) is 0 Å². The number of nitrogens with zero attached hydrogens (tertiary/aromatic N) is 2. The Hall–Kier alpha value is -1.30. The van der Waals surface area contributed by atoms with Gasteiger partial charge in [-0.15, -0.1) is 0 Å². The smallest absolute Gasteiger partial charge is 0.323 e. The van der Waals surface area contributed by atoms with Crippen LogP contribution < -0.4 is 0 Å². The molecule has 2 fully saturated rings. The predicted octanol–water partition coefficient (Wildman–Crippen LogP) is 0.376. The van der Waals surface area contributed by atoms with Crippen molar-refractivity contribution in [2.24, 2.45) is 0 Å². The lowest BCUT2D eigenvalue weighted by molar-refractivity contribution is -0.137. The second-order valence-corrected chi connectivity index (χ2v) is 4.63. The molecule has 96 valence electrons. The van der Waals surface area contributed by atoms with E-state index in [1.807, 2.05) is 0 Å². The van der Waals surface area contributed by atoms with E-state index in [1.54, 1.807) is 12.0 Å². The molecule has 1 atom stereocenters. The summed E-state index contributed by atoms with van der Waals surface area (Å²) in [5.74, 6) is -0.951. The lowest BCUT2D eigenvalue weighted by Crippen LogP contribution is -2.45. The Bertz CT molecular complexity index is 317. The van der Waals surface area contributed by atoms with Gasteiger partial charge in [0.05, 0.1) is 6.10 Å². The number of methoxy groups -OCH3 is 1. The maximum atomic E-state index is 12.2. The summed E-state index contributed by atoms with van der Waals surface area (Å²) in [4.78, 5) is 26.1. The first-order chi connectivity index (χ1) is 8.11. The van der Waals surface area contributed by atoms with Crippen LogP contribution in [0.4, 0.5) is 4.79 Å². The Labute approximate surface area is 100 Å². The Morgan fingerprint density at radius 2 is 2.12 bits per heavy atom. The summed E-state index contributed by atoms with van der Waals surface area (Å²) in [6, 6.07) is -0.0327. The first kappa shape index (κ1) is 12.2. The number of carboxylic acids is 1. The number of hydrogen-bond donors (Lipinski definition) is 1. The van der Waals surface area contributed by atoms with Crippen LogP contribution in [0.3, 0.4) is 0 Å². The molecule has 1 heterocycles. The molecule has 0 bridgehead atoms. The molecule has 0 aromatic rings. The van der Waals surface area contributed by atoms with Crippen molar-refractivity contribution in [1.29, 1.82) is 0 Å². The molecule has 0 aromatic carbocycles. The zero-order valence-corrected chi connectivity index (χ0v) is 9.96. The van der Waals surface area contributed by atoms with Gasteiger partial charge in [0.2, 0.25) is 0 Å². The van der Waals surface area contributed by atoms with E-state index < -0.39 is 5.97 Å². The number of rotatable bonds is 4. The van der Waals surface area contributed by atoms with E-state index in [-0.39, 0.29) is 24.7 Å². The highest BCUT2D eigenvalue weighted by Gasteiger charge is 2.38. The van der Waals surface area contributed by atoms with Crippen molar-refractivity contribution < 1.29 is 19.4 Å². The number of hydrogen-bond acceptors (Lipinski definition) is 3. The highest BCUT2D eigenvalue weighted by molar-refractivity contribution is 5.81. The molecule has 0 aromatic heterocycles. The van der Waals surface area contributed by atoms with Gasteiger partial charge in [0.15, 0.2) is 0 Å². The Morgan fingerprint density at radius 3 is 2.59 bits per heavy atom. The van der Waals surface area contributed by atoms with Crippen molar-refractivity contribution in [1.82, 2.24) is 9.80 Å². The van der Waals surface area contributed by atoms with Gasteiger partial charge in [0, 0.05) is 26.2 Å². The summed E-state index contributed by atoms with van der Waals surface area (Å²) in [6.07, 6.45) is 2.75. The summed E-state index contributed by atoms with van der Waals surface area (Å²) in [5, 5.41) is 8.81. The number of carbonyl (C=O) groups is 2. The van der Waals surface area contributed by atoms with Crippen molar-refractivity contribution >= 4 is 12.0 Å².